The van der Waals surface area contributed by atoms with Gasteiger partial charge in [0.25, 0.3) is 5.56 Å². The summed E-state index contributed by atoms with van der Waals surface area (Å²) in [5, 5.41) is 0.918. The van der Waals surface area contributed by atoms with Crippen molar-refractivity contribution in [2.24, 2.45) is 0 Å². The Kier molecular flexibility index (Phi) is 5.74. The van der Waals surface area contributed by atoms with E-state index in [1.54, 1.807) is 30.3 Å². The first-order valence-electron chi connectivity index (χ1n) is 10.4. The average molecular weight is 447 g/mol. The number of fused-ring (bicyclic) bond motifs is 1. The molecule has 0 aliphatic rings. The third-order valence-corrected chi connectivity index (χ3v) is 5.71. The lowest BCUT2D eigenvalue weighted by Gasteiger charge is -2.18. The molecule has 1 aromatic heterocycles. The zero-order valence-electron chi connectivity index (χ0n) is 18.5. The molecule has 162 valence electrons. The summed E-state index contributed by atoms with van der Waals surface area (Å²) in [5.41, 5.74) is 3.73. The van der Waals surface area contributed by atoms with Crippen LogP contribution in [0.15, 0.2) is 65.5 Å². The monoisotopic (exact) mass is 446 g/mol. The molecule has 1 heterocycles. The summed E-state index contributed by atoms with van der Waals surface area (Å²) in [6.45, 7) is 8.35. The van der Waals surface area contributed by atoms with E-state index in [2.05, 4.69) is 37.9 Å². The van der Waals surface area contributed by atoms with E-state index < -0.39 is 5.82 Å². The van der Waals surface area contributed by atoms with Gasteiger partial charge in [0.05, 0.1) is 16.6 Å². The second-order valence-corrected chi connectivity index (χ2v) is 9.34. The van der Waals surface area contributed by atoms with Gasteiger partial charge in [-0.25, -0.2) is 9.37 Å². The van der Waals surface area contributed by atoms with Crippen molar-refractivity contribution in [3.8, 4) is 5.69 Å². The molecule has 0 spiro atoms. The maximum absolute atomic E-state index is 14.1. The van der Waals surface area contributed by atoms with E-state index >= 15 is 0 Å². The Bertz CT molecular complexity index is 1400. The molecule has 0 aliphatic carbocycles. The van der Waals surface area contributed by atoms with Crippen LogP contribution in [0.1, 0.15) is 43.3 Å². The minimum atomic E-state index is -0.415. The summed E-state index contributed by atoms with van der Waals surface area (Å²) < 4.78 is 15.5. The number of hydrogen-bond acceptors (Lipinski definition) is 2. The van der Waals surface area contributed by atoms with Crippen molar-refractivity contribution in [1.82, 2.24) is 9.55 Å². The van der Waals surface area contributed by atoms with Crippen LogP contribution in [0, 0.1) is 12.7 Å². The highest BCUT2D eigenvalue weighted by atomic mass is 35.5. The summed E-state index contributed by atoms with van der Waals surface area (Å²) in [6.07, 6.45) is 3.67. The predicted octanol–water partition coefficient (Wildman–Crippen LogP) is 6.95. The second kappa shape index (κ2) is 8.36. The molecule has 3 nitrogen and oxygen atoms in total. The molecule has 0 bridgehead atoms. The number of halogens is 2. The van der Waals surface area contributed by atoms with Crippen LogP contribution in [0.4, 0.5) is 4.39 Å². The molecule has 0 radical (unpaired) electrons. The third kappa shape index (κ3) is 4.37. The van der Waals surface area contributed by atoms with Crippen molar-refractivity contribution in [3.05, 3.63) is 104 Å². The highest BCUT2D eigenvalue weighted by Gasteiger charge is 2.15. The highest BCUT2D eigenvalue weighted by Crippen LogP contribution is 2.24. The molecular formula is C27H24ClFN2O. The molecular weight excluding hydrogens is 423 g/mol. The van der Waals surface area contributed by atoms with Crippen molar-refractivity contribution in [2.45, 2.75) is 33.1 Å². The Morgan fingerprint density at radius 1 is 0.969 bits per heavy atom. The van der Waals surface area contributed by atoms with Gasteiger partial charge in [-0.15, -0.1) is 0 Å². The first-order valence-corrected chi connectivity index (χ1v) is 10.8. The molecule has 0 saturated heterocycles. The Balaban J connectivity index is 1.90. The van der Waals surface area contributed by atoms with Crippen LogP contribution in [0.2, 0.25) is 5.02 Å². The number of hydrogen-bond donors (Lipinski definition) is 0. The molecule has 4 aromatic rings. The van der Waals surface area contributed by atoms with Crippen molar-refractivity contribution in [3.63, 3.8) is 0 Å². The molecule has 0 aliphatic heterocycles. The topological polar surface area (TPSA) is 34.9 Å². The molecule has 0 amide bonds. The molecule has 0 unspecified atom stereocenters. The zero-order valence-corrected chi connectivity index (χ0v) is 19.2. The first-order chi connectivity index (χ1) is 15.1. The van der Waals surface area contributed by atoms with Gasteiger partial charge < -0.3 is 0 Å². The maximum Gasteiger partial charge on any atom is 0.266 e. The largest absolute Gasteiger partial charge is 0.268 e. The minimum absolute atomic E-state index is 0.0663. The predicted molar refractivity (Wildman–Crippen MR) is 131 cm³/mol. The smallest absolute Gasteiger partial charge is 0.266 e. The molecule has 0 saturated carbocycles. The molecule has 5 heteroatoms. The molecule has 32 heavy (non-hydrogen) atoms. The van der Waals surface area contributed by atoms with Crippen LogP contribution in [0.25, 0.3) is 28.7 Å². The quantitative estimate of drug-likeness (QED) is 0.341. The summed E-state index contributed by atoms with van der Waals surface area (Å²) in [7, 11) is 0. The molecule has 4 rings (SSSR count). The lowest BCUT2D eigenvalue weighted by molar-refractivity contribution is 0.590. The SMILES string of the molecule is Cc1ccc(F)cc1-n1c(/C=C/c2ccc(C(C)(C)C)cc2)nc2cc(Cl)ccc2c1=O. The van der Waals surface area contributed by atoms with Crippen LogP contribution in [-0.2, 0) is 5.41 Å². The Morgan fingerprint density at radius 3 is 2.38 bits per heavy atom. The van der Waals surface area contributed by atoms with Crippen molar-refractivity contribution in [2.75, 3.05) is 0 Å². The van der Waals surface area contributed by atoms with Crippen LogP contribution in [-0.4, -0.2) is 9.55 Å². The van der Waals surface area contributed by atoms with Gasteiger partial charge in [-0.05, 0) is 65.4 Å². The van der Waals surface area contributed by atoms with Crippen molar-refractivity contribution in [1.29, 1.82) is 0 Å². The van der Waals surface area contributed by atoms with Crippen molar-refractivity contribution >= 4 is 34.7 Å². The van der Waals surface area contributed by atoms with Gasteiger partial charge in [0, 0.05) is 5.02 Å². The fraction of sp³-hybridized carbons (Fsp3) is 0.185. The lowest BCUT2D eigenvalue weighted by atomic mass is 9.87. The van der Waals surface area contributed by atoms with Gasteiger partial charge in [0.15, 0.2) is 0 Å². The third-order valence-electron chi connectivity index (χ3n) is 5.47. The Morgan fingerprint density at radius 2 is 1.69 bits per heavy atom. The maximum atomic E-state index is 14.1. The van der Waals surface area contributed by atoms with Crippen LogP contribution < -0.4 is 5.56 Å². The highest BCUT2D eigenvalue weighted by molar-refractivity contribution is 6.31. The number of benzene rings is 3. The number of nitrogens with zero attached hydrogens (tertiary/aromatic N) is 2. The summed E-state index contributed by atoms with van der Waals surface area (Å²) >= 11 is 6.13. The lowest BCUT2D eigenvalue weighted by Crippen LogP contribution is -2.23. The number of rotatable bonds is 3. The van der Waals surface area contributed by atoms with E-state index in [0.717, 1.165) is 11.1 Å². The number of aryl methyl sites for hydroxylation is 1. The summed E-state index contributed by atoms with van der Waals surface area (Å²) in [5.74, 6) is -0.0141. The number of aromatic nitrogens is 2. The standard InChI is InChI=1S/C27H24ClFN2O/c1-17-5-12-21(29)16-24(17)31-25(30-23-15-20(28)11-13-22(23)26(31)32)14-8-18-6-9-19(10-7-18)27(2,3)4/h5-16H,1-4H3/b14-8+. The van der Waals surface area contributed by atoms with Crippen LogP contribution in [0.3, 0.4) is 0 Å². The van der Waals surface area contributed by atoms with E-state index in [9.17, 15) is 9.18 Å². The van der Waals surface area contributed by atoms with E-state index in [1.807, 2.05) is 25.1 Å². The fourth-order valence-corrected chi connectivity index (χ4v) is 3.78. The van der Waals surface area contributed by atoms with E-state index in [0.29, 0.717) is 27.4 Å². The van der Waals surface area contributed by atoms with Crippen LogP contribution >= 0.6 is 11.6 Å². The molecule has 0 fully saturated rings. The van der Waals surface area contributed by atoms with Gasteiger partial charge in [0.2, 0.25) is 0 Å². The molecule has 3 aromatic carbocycles. The van der Waals surface area contributed by atoms with Crippen LogP contribution in [0.5, 0.6) is 0 Å². The summed E-state index contributed by atoms with van der Waals surface area (Å²) in [6, 6.07) is 17.6. The van der Waals surface area contributed by atoms with Gasteiger partial charge in [0.1, 0.15) is 11.6 Å². The second-order valence-electron chi connectivity index (χ2n) is 8.91. The molecule has 0 N–H and O–H groups in total. The van der Waals surface area contributed by atoms with Gasteiger partial charge in [-0.1, -0.05) is 68.8 Å². The van der Waals surface area contributed by atoms with E-state index in [4.69, 9.17) is 11.6 Å². The van der Waals surface area contributed by atoms with Gasteiger partial charge in [-0.2, -0.15) is 0 Å². The normalized spacial score (nSPS) is 12.1. The first kappa shape index (κ1) is 22.0. The fourth-order valence-electron chi connectivity index (χ4n) is 3.61. The average Bonchev–Trinajstić information content (AvgIpc) is 2.74. The van der Waals surface area contributed by atoms with E-state index in [-0.39, 0.29) is 11.0 Å². The van der Waals surface area contributed by atoms with Crippen molar-refractivity contribution < 1.29 is 4.39 Å². The van der Waals surface area contributed by atoms with Gasteiger partial charge in [-0.3, -0.25) is 9.36 Å². The summed E-state index contributed by atoms with van der Waals surface area (Å²) in [4.78, 5) is 18.1. The van der Waals surface area contributed by atoms with E-state index in [1.165, 1.54) is 22.3 Å². The Labute approximate surface area is 191 Å². The minimum Gasteiger partial charge on any atom is -0.268 e. The Hall–Kier alpha value is -3.24. The van der Waals surface area contributed by atoms with Gasteiger partial charge >= 0.3 is 0 Å². The molecule has 0 atom stereocenters. The zero-order chi connectivity index (χ0) is 23.0.